The standard InChI is InChI=1S/C16H14FN3O2/c1-16(2,22)13-7-14(10-3-5-11(17)6-4-10)19-20-8-12(9-21)18-15(13)20/h3-9,22H,1-2H3. The highest BCUT2D eigenvalue weighted by atomic mass is 19.1. The number of benzene rings is 1. The maximum Gasteiger partial charge on any atom is 0.170 e. The van der Waals surface area contributed by atoms with Gasteiger partial charge in [-0.15, -0.1) is 0 Å². The first-order valence-corrected chi connectivity index (χ1v) is 6.73. The Balaban J connectivity index is 2.28. The van der Waals surface area contributed by atoms with Gasteiger partial charge in [-0.1, -0.05) is 0 Å². The molecule has 2 aromatic heterocycles. The van der Waals surface area contributed by atoms with Crippen LogP contribution in [0.25, 0.3) is 16.9 Å². The SMILES string of the molecule is CC(C)(O)c1cc(-c2ccc(F)cc2)nn2cc(C=O)nc12. The van der Waals surface area contributed by atoms with E-state index in [-0.39, 0.29) is 11.5 Å². The average molecular weight is 299 g/mol. The molecule has 0 unspecified atom stereocenters. The highest BCUT2D eigenvalue weighted by Crippen LogP contribution is 2.28. The van der Waals surface area contributed by atoms with Crippen molar-refractivity contribution in [1.82, 2.24) is 14.6 Å². The van der Waals surface area contributed by atoms with Crippen molar-refractivity contribution >= 4 is 11.9 Å². The van der Waals surface area contributed by atoms with E-state index in [1.807, 2.05) is 0 Å². The minimum atomic E-state index is -1.16. The van der Waals surface area contributed by atoms with Gasteiger partial charge in [0.25, 0.3) is 0 Å². The molecule has 0 saturated carbocycles. The van der Waals surface area contributed by atoms with Crippen molar-refractivity contribution < 1.29 is 14.3 Å². The largest absolute Gasteiger partial charge is 0.386 e. The molecule has 1 N–H and O–H groups in total. The van der Waals surface area contributed by atoms with Gasteiger partial charge in [0, 0.05) is 11.1 Å². The lowest BCUT2D eigenvalue weighted by molar-refractivity contribution is 0.0795. The second-order valence-corrected chi connectivity index (χ2v) is 5.56. The first kappa shape index (κ1) is 14.3. The Morgan fingerprint density at radius 2 is 1.95 bits per heavy atom. The minimum absolute atomic E-state index is 0.231. The number of rotatable bonds is 3. The van der Waals surface area contributed by atoms with Crippen LogP contribution in [-0.2, 0) is 5.60 Å². The summed E-state index contributed by atoms with van der Waals surface area (Å²) in [7, 11) is 0. The van der Waals surface area contributed by atoms with Crippen molar-refractivity contribution in [3.05, 3.63) is 53.6 Å². The number of carbonyl (C=O) groups excluding carboxylic acids is 1. The molecular formula is C16H14FN3O2. The van der Waals surface area contributed by atoms with Crippen LogP contribution in [-0.4, -0.2) is 26.0 Å². The summed E-state index contributed by atoms with van der Waals surface area (Å²) in [6.45, 7) is 3.26. The summed E-state index contributed by atoms with van der Waals surface area (Å²) < 4.78 is 14.5. The molecule has 112 valence electrons. The van der Waals surface area contributed by atoms with E-state index in [9.17, 15) is 14.3 Å². The molecule has 3 aromatic rings. The number of fused-ring (bicyclic) bond motifs is 1. The molecule has 2 heterocycles. The predicted octanol–water partition coefficient (Wildman–Crippen LogP) is 2.58. The van der Waals surface area contributed by atoms with Crippen LogP contribution in [0.2, 0.25) is 0 Å². The Labute approximate surface area is 126 Å². The van der Waals surface area contributed by atoms with Crippen molar-refractivity contribution in [3.8, 4) is 11.3 Å². The Hall–Kier alpha value is -2.60. The molecule has 0 aliphatic carbocycles. The summed E-state index contributed by atoms with van der Waals surface area (Å²) in [5, 5.41) is 14.7. The van der Waals surface area contributed by atoms with Crippen LogP contribution < -0.4 is 0 Å². The minimum Gasteiger partial charge on any atom is -0.386 e. The van der Waals surface area contributed by atoms with Gasteiger partial charge in [0.05, 0.1) is 17.5 Å². The molecule has 0 radical (unpaired) electrons. The second-order valence-electron chi connectivity index (χ2n) is 5.56. The number of hydrogen-bond donors (Lipinski definition) is 1. The molecule has 0 fully saturated rings. The summed E-state index contributed by atoms with van der Waals surface area (Å²) in [6.07, 6.45) is 2.12. The second kappa shape index (κ2) is 4.99. The molecule has 5 nitrogen and oxygen atoms in total. The van der Waals surface area contributed by atoms with Gasteiger partial charge in [-0.2, -0.15) is 5.10 Å². The van der Waals surface area contributed by atoms with Gasteiger partial charge in [-0.25, -0.2) is 13.9 Å². The fourth-order valence-corrected chi connectivity index (χ4v) is 2.26. The van der Waals surface area contributed by atoms with Crippen LogP contribution in [0.5, 0.6) is 0 Å². The van der Waals surface area contributed by atoms with E-state index in [4.69, 9.17) is 0 Å². The van der Waals surface area contributed by atoms with Gasteiger partial charge in [0.2, 0.25) is 0 Å². The zero-order valence-electron chi connectivity index (χ0n) is 12.1. The molecule has 0 aliphatic heterocycles. The summed E-state index contributed by atoms with van der Waals surface area (Å²) in [6, 6.07) is 7.60. The van der Waals surface area contributed by atoms with E-state index < -0.39 is 5.60 Å². The third kappa shape index (κ3) is 2.48. The van der Waals surface area contributed by atoms with Gasteiger partial charge in [-0.3, -0.25) is 4.79 Å². The van der Waals surface area contributed by atoms with E-state index in [1.54, 1.807) is 32.0 Å². The highest BCUT2D eigenvalue weighted by molar-refractivity contribution is 5.74. The monoisotopic (exact) mass is 299 g/mol. The summed E-state index contributed by atoms with van der Waals surface area (Å²) >= 11 is 0. The van der Waals surface area contributed by atoms with E-state index in [1.165, 1.54) is 22.8 Å². The van der Waals surface area contributed by atoms with Crippen LogP contribution in [0.1, 0.15) is 29.9 Å². The highest BCUT2D eigenvalue weighted by Gasteiger charge is 2.23. The average Bonchev–Trinajstić information content (AvgIpc) is 2.88. The zero-order valence-corrected chi connectivity index (χ0v) is 12.1. The van der Waals surface area contributed by atoms with Gasteiger partial charge >= 0.3 is 0 Å². The van der Waals surface area contributed by atoms with E-state index in [0.29, 0.717) is 28.8 Å². The molecule has 0 aliphatic rings. The molecule has 22 heavy (non-hydrogen) atoms. The number of hydrogen-bond acceptors (Lipinski definition) is 4. The number of aliphatic hydroxyl groups is 1. The molecule has 6 heteroatoms. The Kier molecular flexibility index (Phi) is 3.26. The number of halogens is 1. The fourth-order valence-electron chi connectivity index (χ4n) is 2.26. The zero-order chi connectivity index (χ0) is 15.9. The summed E-state index contributed by atoms with van der Waals surface area (Å²) in [4.78, 5) is 15.1. The number of imidazole rings is 1. The van der Waals surface area contributed by atoms with E-state index in [0.717, 1.165) is 0 Å². The smallest absolute Gasteiger partial charge is 0.170 e. The van der Waals surface area contributed by atoms with Gasteiger partial charge in [0.1, 0.15) is 11.5 Å². The van der Waals surface area contributed by atoms with Crippen LogP contribution in [0.15, 0.2) is 36.5 Å². The molecule has 0 bridgehead atoms. The van der Waals surface area contributed by atoms with Crippen molar-refractivity contribution in [2.45, 2.75) is 19.4 Å². The lowest BCUT2D eigenvalue weighted by Gasteiger charge is -2.19. The lowest BCUT2D eigenvalue weighted by Crippen LogP contribution is -2.18. The Bertz CT molecular complexity index is 848. The van der Waals surface area contributed by atoms with Gasteiger partial charge < -0.3 is 5.11 Å². The first-order chi connectivity index (χ1) is 10.4. The Morgan fingerprint density at radius 1 is 1.27 bits per heavy atom. The van der Waals surface area contributed by atoms with Crippen LogP contribution >= 0.6 is 0 Å². The van der Waals surface area contributed by atoms with Gasteiger partial charge in [-0.05, 0) is 44.2 Å². The van der Waals surface area contributed by atoms with Crippen LogP contribution in [0.4, 0.5) is 4.39 Å². The lowest BCUT2D eigenvalue weighted by atomic mass is 9.98. The van der Waals surface area contributed by atoms with Crippen LogP contribution in [0, 0.1) is 5.82 Å². The third-order valence-electron chi connectivity index (χ3n) is 3.36. The number of carbonyl (C=O) groups is 1. The topological polar surface area (TPSA) is 67.5 Å². The quantitative estimate of drug-likeness (QED) is 0.755. The summed E-state index contributed by atoms with van der Waals surface area (Å²) in [5.41, 5.74) is 1.28. The van der Waals surface area contributed by atoms with Crippen LogP contribution in [0.3, 0.4) is 0 Å². The fraction of sp³-hybridized carbons (Fsp3) is 0.188. The van der Waals surface area contributed by atoms with E-state index in [2.05, 4.69) is 10.1 Å². The molecule has 0 spiro atoms. The number of aldehydes is 1. The maximum atomic E-state index is 13.1. The molecule has 0 atom stereocenters. The van der Waals surface area contributed by atoms with Crippen molar-refractivity contribution in [3.63, 3.8) is 0 Å². The molecule has 0 amide bonds. The number of nitrogens with zero attached hydrogens (tertiary/aromatic N) is 3. The molecular weight excluding hydrogens is 285 g/mol. The normalized spacial score (nSPS) is 11.8. The Morgan fingerprint density at radius 3 is 2.55 bits per heavy atom. The molecule has 1 aromatic carbocycles. The van der Waals surface area contributed by atoms with Crippen molar-refractivity contribution in [1.29, 1.82) is 0 Å². The third-order valence-corrected chi connectivity index (χ3v) is 3.36. The first-order valence-electron chi connectivity index (χ1n) is 6.73. The molecule has 0 saturated heterocycles. The van der Waals surface area contributed by atoms with Crippen molar-refractivity contribution in [2.24, 2.45) is 0 Å². The maximum absolute atomic E-state index is 13.1. The molecule has 3 rings (SSSR count). The summed E-state index contributed by atoms with van der Waals surface area (Å²) in [5.74, 6) is -0.335. The predicted molar refractivity (Wildman–Crippen MR) is 79.0 cm³/mol. The number of aromatic nitrogens is 3. The van der Waals surface area contributed by atoms with Gasteiger partial charge in [0.15, 0.2) is 11.9 Å². The van der Waals surface area contributed by atoms with Crippen molar-refractivity contribution in [2.75, 3.05) is 0 Å². The van der Waals surface area contributed by atoms with E-state index >= 15 is 0 Å².